The summed E-state index contributed by atoms with van der Waals surface area (Å²) >= 11 is 0. The fourth-order valence-corrected chi connectivity index (χ4v) is 7.78. The molecule has 1 aliphatic rings. The Bertz CT molecular complexity index is 2190. The number of likely N-dealkylation sites (tertiary alicyclic amines) is 1. The van der Waals surface area contributed by atoms with Crippen LogP contribution < -0.4 is 53.8 Å². The Kier molecular flexibility index (Phi) is 23.8. The zero-order valence-electron chi connectivity index (χ0n) is 41.2. The number of carboxylic acid groups (broad SMARTS) is 2. The van der Waals surface area contributed by atoms with Gasteiger partial charge in [0.1, 0.15) is 48.0 Å². The number of hydrogen-bond donors (Lipinski definition) is 13. The monoisotopic (exact) mass is 1010 g/mol. The van der Waals surface area contributed by atoms with Crippen molar-refractivity contribution in [1.82, 2.24) is 46.8 Å². The Hall–Kier alpha value is -7.35. The molecule has 1 fully saturated rings. The number of carbonyl (C=O) groups excluding carboxylic acids is 7. The zero-order valence-corrected chi connectivity index (χ0v) is 41.2. The van der Waals surface area contributed by atoms with Crippen molar-refractivity contribution in [2.24, 2.45) is 34.0 Å². The van der Waals surface area contributed by atoms with Crippen molar-refractivity contribution in [1.29, 1.82) is 0 Å². The van der Waals surface area contributed by atoms with Gasteiger partial charge < -0.3 is 79.0 Å². The molecule has 0 radical (unpaired) electrons. The third-order valence-corrected chi connectivity index (χ3v) is 12.0. The van der Waals surface area contributed by atoms with Crippen LogP contribution in [0.15, 0.2) is 41.8 Å². The van der Waals surface area contributed by atoms with Gasteiger partial charge >= 0.3 is 11.9 Å². The standard InChI is InChI=1S/C46H71N13O13/c1-6-25(4)37(43(68)56-33(20-27-22-50-23-52-27)44(69)59-17-8-10-34(59)41(66)54-31(15-18-60)45(70)71)58-40(65)32(19-26-11-13-28(72-5)14-12-26)55-42(67)36(24(2)3)57-39(64)30(9-7-16-51-46(48)49)53-38(63)29(47)21-35(61)62/h11-14,22-25,29-34,36-37,60H,6-10,15-21,47H2,1-5H3,(H,50,52)(H,53,63)(H,54,66)(H,55,67)(H,56,68)(H,57,64)(H,58,65)(H,61,62)(H,70,71)(H4,48,49,51)/t25-,29-,30-,31-,32-,33-,34+,36-,37-/m0/s1. The number of H-pyrrole nitrogens is 1. The quantitative estimate of drug-likeness (QED) is 0.0212. The van der Waals surface area contributed by atoms with Crippen LogP contribution in [0.3, 0.4) is 0 Å². The Morgan fingerprint density at radius 2 is 1.44 bits per heavy atom. The van der Waals surface area contributed by atoms with E-state index in [1.807, 2.05) is 0 Å². The van der Waals surface area contributed by atoms with Crippen molar-refractivity contribution < 1.29 is 63.2 Å². The molecule has 0 unspecified atom stereocenters. The van der Waals surface area contributed by atoms with Crippen molar-refractivity contribution in [3.05, 3.63) is 48.0 Å². The maximum absolute atomic E-state index is 14.6. The number of guanidine groups is 1. The lowest BCUT2D eigenvalue weighted by Gasteiger charge is -2.32. The highest BCUT2D eigenvalue weighted by molar-refractivity contribution is 5.98. The molecule has 1 aliphatic heterocycles. The van der Waals surface area contributed by atoms with Gasteiger partial charge in [-0.15, -0.1) is 0 Å². The third-order valence-electron chi connectivity index (χ3n) is 12.0. The number of nitrogens with one attached hydrogen (secondary N) is 7. The van der Waals surface area contributed by atoms with Gasteiger partial charge in [-0.05, 0) is 55.2 Å². The number of methoxy groups -OCH3 is 1. The Morgan fingerprint density at radius 3 is 2.01 bits per heavy atom. The molecule has 0 aliphatic carbocycles. The van der Waals surface area contributed by atoms with Crippen LogP contribution in [0.4, 0.5) is 0 Å². The molecule has 1 aromatic carbocycles. The summed E-state index contributed by atoms with van der Waals surface area (Å²) in [5.41, 5.74) is 17.6. The van der Waals surface area contributed by atoms with Gasteiger partial charge in [0.25, 0.3) is 0 Å². The Labute approximate surface area is 416 Å². The lowest BCUT2D eigenvalue weighted by molar-refractivity contribution is -0.145. The number of nitrogens with two attached hydrogens (primary N) is 3. The summed E-state index contributed by atoms with van der Waals surface area (Å²) in [7, 11) is 1.47. The van der Waals surface area contributed by atoms with E-state index in [2.05, 4.69) is 46.9 Å². The van der Waals surface area contributed by atoms with Gasteiger partial charge in [0.15, 0.2) is 5.96 Å². The van der Waals surface area contributed by atoms with E-state index >= 15 is 0 Å². The molecule has 16 N–H and O–H groups in total. The van der Waals surface area contributed by atoms with Crippen LogP contribution in [-0.4, -0.2) is 165 Å². The summed E-state index contributed by atoms with van der Waals surface area (Å²) in [4.78, 5) is 133. The first-order valence-corrected chi connectivity index (χ1v) is 23.7. The van der Waals surface area contributed by atoms with Crippen LogP contribution in [0.25, 0.3) is 0 Å². The molecule has 72 heavy (non-hydrogen) atoms. The number of ether oxygens (including phenoxy) is 1. The number of aliphatic hydroxyl groups excluding tert-OH is 1. The van der Waals surface area contributed by atoms with Crippen LogP contribution in [-0.2, 0) is 56.0 Å². The second-order valence-corrected chi connectivity index (χ2v) is 17.9. The average molecular weight is 1010 g/mol. The molecule has 0 saturated carbocycles. The lowest BCUT2D eigenvalue weighted by Crippen LogP contribution is -2.62. The smallest absolute Gasteiger partial charge is 0.326 e. The van der Waals surface area contributed by atoms with Crippen LogP contribution in [0, 0.1) is 11.8 Å². The largest absolute Gasteiger partial charge is 0.497 e. The number of carboxylic acids is 2. The molecule has 0 bridgehead atoms. The first-order chi connectivity index (χ1) is 34.1. The molecule has 1 saturated heterocycles. The molecular formula is C46H71N13O13. The number of amides is 7. The van der Waals surface area contributed by atoms with E-state index in [1.165, 1.54) is 24.5 Å². The number of aliphatic imine (C=N–C) groups is 1. The van der Waals surface area contributed by atoms with Gasteiger partial charge in [0.2, 0.25) is 41.4 Å². The van der Waals surface area contributed by atoms with Crippen LogP contribution in [0.2, 0.25) is 0 Å². The van der Waals surface area contributed by atoms with Gasteiger partial charge in [0.05, 0.1) is 25.9 Å². The van der Waals surface area contributed by atoms with E-state index in [0.29, 0.717) is 29.8 Å². The number of imidazole rings is 1. The predicted molar refractivity (Wildman–Crippen MR) is 259 cm³/mol. The SMILES string of the molecule is CC[C@H](C)[C@H](NC(=O)[C@H](Cc1ccc(OC)cc1)NC(=O)[C@@H](NC(=O)[C@H](CCCN=C(N)N)NC(=O)[C@@H](N)CC(=O)O)C(C)C)C(=O)N[C@@H](Cc1cnc[nH]1)C(=O)N1CCC[C@@H]1C(=O)N[C@@H](CCO)C(=O)O. The highest BCUT2D eigenvalue weighted by Crippen LogP contribution is 2.21. The van der Waals surface area contributed by atoms with Gasteiger partial charge in [-0.1, -0.05) is 46.2 Å². The normalized spacial score (nSPS) is 16.6. The summed E-state index contributed by atoms with van der Waals surface area (Å²) in [6.07, 6.45) is 2.66. The number of hydrogen-bond acceptors (Lipinski definition) is 14. The second-order valence-electron chi connectivity index (χ2n) is 17.9. The number of aromatic nitrogens is 2. The van der Waals surface area contributed by atoms with Crippen molar-refractivity contribution in [2.45, 2.75) is 134 Å². The Balaban J connectivity index is 1.95. The van der Waals surface area contributed by atoms with E-state index in [-0.39, 0.29) is 57.6 Å². The molecule has 3 rings (SSSR count). The van der Waals surface area contributed by atoms with Crippen molar-refractivity contribution in [2.75, 3.05) is 26.8 Å². The van der Waals surface area contributed by atoms with Gasteiger partial charge in [0, 0.05) is 50.8 Å². The molecule has 1 aromatic heterocycles. The molecule has 2 aromatic rings. The molecule has 7 amide bonds. The molecular weight excluding hydrogens is 943 g/mol. The second kappa shape index (κ2) is 29.1. The minimum absolute atomic E-state index is 0.0525. The lowest BCUT2D eigenvalue weighted by atomic mass is 9.96. The van der Waals surface area contributed by atoms with Crippen LogP contribution in [0.1, 0.15) is 83.9 Å². The highest BCUT2D eigenvalue weighted by Gasteiger charge is 2.41. The molecule has 26 heteroatoms. The topological polar surface area (TPSA) is 418 Å². The van der Waals surface area contributed by atoms with Crippen molar-refractivity contribution in [3.63, 3.8) is 0 Å². The summed E-state index contributed by atoms with van der Waals surface area (Å²) < 4.78 is 5.28. The minimum Gasteiger partial charge on any atom is -0.497 e. The molecule has 9 atom stereocenters. The number of rotatable bonds is 30. The van der Waals surface area contributed by atoms with Gasteiger partial charge in [-0.3, -0.25) is 43.3 Å². The molecule has 26 nitrogen and oxygen atoms in total. The van der Waals surface area contributed by atoms with Crippen LogP contribution in [0.5, 0.6) is 5.75 Å². The maximum atomic E-state index is 14.6. The number of aliphatic hydroxyl groups is 1. The van der Waals surface area contributed by atoms with E-state index in [0.717, 1.165) is 0 Å². The highest BCUT2D eigenvalue weighted by atomic mass is 16.5. The van der Waals surface area contributed by atoms with Gasteiger partial charge in [-0.25, -0.2) is 9.78 Å². The fourth-order valence-electron chi connectivity index (χ4n) is 7.78. The summed E-state index contributed by atoms with van der Waals surface area (Å²) in [6.45, 7) is 6.40. The van der Waals surface area contributed by atoms with E-state index in [1.54, 1.807) is 52.0 Å². The maximum Gasteiger partial charge on any atom is 0.326 e. The summed E-state index contributed by atoms with van der Waals surface area (Å²) in [5.74, 6) is -9.17. The third kappa shape index (κ3) is 18.4. The van der Waals surface area contributed by atoms with Crippen molar-refractivity contribution >= 4 is 59.2 Å². The summed E-state index contributed by atoms with van der Waals surface area (Å²) in [6, 6.07) is -4.03. The minimum atomic E-state index is -1.50. The zero-order chi connectivity index (χ0) is 53.7. The van der Waals surface area contributed by atoms with Gasteiger partial charge in [-0.2, -0.15) is 0 Å². The molecule has 0 spiro atoms. The van der Waals surface area contributed by atoms with E-state index in [9.17, 15) is 53.4 Å². The van der Waals surface area contributed by atoms with Crippen LogP contribution >= 0.6 is 0 Å². The number of aromatic amines is 1. The molecule has 398 valence electrons. The summed E-state index contributed by atoms with van der Waals surface area (Å²) in [5, 5.41) is 43.8. The predicted octanol–water partition coefficient (Wildman–Crippen LogP) is -2.87. The fraction of sp³-hybridized carbons (Fsp3) is 0.587. The number of benzene rings is 1. The first kappa shape index (κ1) is 59.0. The Morgan fingerprint density at radius 1 is 0.819 bits per heavy atom. The average Bonchev–Trinajstić information content (AvgIpc) is 4.05. The first-order valence-electron chi connectivity index (χ1n) is 23.7. The van der Waals surface area contributed by atoms with Crippen molar-refractivity contribution in [3.8, 4) is 5.75 Å². The number of aliphatic carboxylic acids is 2. The number of nitrogens with zero attached hydrogens (tertiary/aromatic N) is 3. The van der Waals surface area contributed by atoms with E-state index in [4.69, 9.17) is 27.0 Å². The number of carbonyl (C=O) groups is 9. The van der Waals surface area contributed by atoms with E-state index < -0.39 is 126 Å². The molecule has 2 heterocycles.